The number of aromatic nitrogens is 1. The summed E-state index contributed by atoms with van der Waals surface area (Å²) in [6.45, 7) is 4.22. The topological polar surface area (TPSA) is 53.5 Å². The fourth-order valence-electron chi connectivity index (χ4n) is 3.55. The van der Waals surface area contributed by atoms with Crippen LogP contribution in [-0.2, 0) is 10.0 Å². The SMILES string of the molecule is Cc1cccnc1N1CCN(S(=O)(=O)c2ccc(-c3ccccc3)cc2)CC1. The first-order valence-corrected chi connectivity index (χ1v) is 10.8. The average molecular weight is 394 g/mol. The number of hydrogen-bond acceptors (Lipinski definition) is 4. The van der Waals surface area contributed by atoms with Crippen molar-refractivity contribution in [2.45, 2.75) is 11.8 Å². The van der Waals surface area contributed by atoms with E-state index in [1.54, 1.807) is 22.6 Å². The highest BCUT2D eigenvalue weighted by atomic mass is 32.2. The van der Waals surface area contributed by atoms with Gasteiger partial charge in [0, 0.05) is 32.4 Å². The van der Waals surface area contributed by atoms with Crippen LogP contribution in [0.15, 0.2) is 77.8 Å². The highest BCUT2D eigenvalue weighted by molar-refractivity contribution is 7.89. The van der Waals surface area contributed by atoms with Crippen LogP contribution in [-0.4, -0.2) is 43.9 Å². The molecule has 0 bridgehead atoms. The molecule has 3 aromatic rings. The molecule has 0 amide bonds. The highest BCUT2D eigenvalue weighted by Gasteiger charge is 2.29. The number of pyridine rings is 1. The molecule has 1 aromatic heterocycles. The maximum atomic E-state index is 13.0. The Balaban J connectivity index is 1.48. The van der Waals surface area contributed by atoms with Crippen LogP contribution < -0.4 is 4.90 Å². The van der Waals surface area contributed by atoms with E-state index in [-0.39, 0.29) is 0 Å². The molecule has 1 aliphatic heterocycles. The van der Waals surface area contributed by atoms with E-state index in [1.165, 1.54) is 0 Å². The molecule has 0 unspecified atom stereocenters. The second-order valence-corrected chi connectivity index (χ2v) is 8.86. The Kier molecular flexibility index (Phi) is 5.15. The molecule has 28 heavy (non-hydrogen) atoms. The molecule has 2 heterocycles. The van der Waals surface area contributed by atoms with E-state index in [0.29, 0.717) is 31.1 Å². The third-order valence-corrected chi connectivity index (χ3v) is 7.03. The maximum Gasteiger partial charge on any atom is 0.243 e. The van der Waals surface area contributed by atoms with Crippen LogP contribution in [0.2, 0.25) is 0 Å². The van der Waals surface area contributed by atoms with Crippen molar-refractivity contribution >= 4 is 15.8 Å². The zero-order chi connectivity index (χ0) is 19.6. The van der Waals surface area contributed by atoms with Gasteiger partial charge in [-0.05, 0) is 41.8 Å². The first kappa shape index (κ1) is 18.7. The Bertz CT molecular complexity index is 1040. The van der Waals surface area contributed by atoms with Crippen LogP contribution in [0.5, 0.6) is 0 Å². The minimum atomic E-state index is -3.49. The quantitative estimate of drug-likeness (QED) is 0.680. The molecule has 6 heteroatoms. The predicted octanol–water partition coefficient (Wildman–Crippen LogP) is 3.57. The minimum Gasteiger partial charge on any atom is -0.354 e. The largest absolute Gasteiger partial charge is 0.354 e. The lowest BCUT2D eigenvalue weighted by Crippen LogP contribution is -2.49. The van der Waals surface area contributed by atoms with Gasteiger partial charge in [-0.3, -0.25) is 0 Å². The summed E-state index contributed by atoms with van der Waals surface area (Å²) in [6.07, 6.45) is 1.78. The van der Waals surface area contributed by atoms with Crippen LogP contribution in [0.1, 0.15) is 5.56 Å². The van der Waals surface area contributed by atoms with E-state index in [9.17, 15) is 8.42 Å². The molecule has 144 valence electrons. The van der Waals surface area contributed by atoms with Gasteiger partial charge in [0.05, 0.1) is 4.90 Å². The van der Waals surface area contributed by atoms with Crippen molar-refractivity contribution in [1.82, 2.24) is 9.29 Å². The van der Waals surface area contributed by atoms with Crippen molar-refractivity contribution < 1.29 is 8.42 Å². The zero-order valence-electron chi connectivity index (χ0n) is 15.8. The van der Waals surface area contributed by atoms with Crippen molar-refractivity contribution in [3.8, 4) is 11.1 Å². The molecule has 0 spiro atoms. The summed E-state index contributed by atoms with van der Waals surface area (Å²) in [5.74, 6) is 0.937. The van der Waals surface area contributed by atoms with Gasteiger partial charge in [0.15, 0.2) is 0 Å². The van der Waals surface area contributed by atoms with Crippen molar-refractivity contribution in [2.75, 3.05) is 31.1 Å². The van der Waals surface area contributed by atoms with Gasteiger partial charge in [0.2, 0.25) is 10.0 Å². The molecular formula is C22H23N3O2S. The standard InChI is InChI=1S/C22H23N3O2S/c1-18-6-5-13-23-22(18)24-14-16-25(17-15-24)28(26,27)21-11-9-20(10-12-21)19-7-3-2-4-8-19/h2-13H,14-17H2,1H3. The third-order valence-electron chi connectivity index (χ3n) is 5.12. The molecule has 0 N–H and O–H groups in total. The first-order valence-electron chi connectivity index (χ1n) is 9.38. The van der Waals surface area contributed by atoms with Gasteiger partial charge in [-0.2, -0.15) is 4.31 Å². The predicted molar refractivity (Wildman–Crippen MR) is 112 cm³/mol. The van der Waals surface area contributed by atoms with E-state index < -0.39 is 10.0 Å². The van der Waals surface area contributed by atoms with Crippen molar-refractivity contribution in [1.29, 1.82) is 0 Å². The van der Waals surface area contributed by atoms with Crippen LogP contribution in [0, 0.1) is 6.92 Å². The molecule has 0 saturated carbocycles. The Morgan fingerprint density at radius 3 is 2.07 bits per heavy atom. The van der Waals surface area contributed by atoms with Crippen LogP contribution in [0.4, 0.5) is 5.82 Å². The highest BCUT2D eigenvalue weighted by Crippen LogP contribution is 2.25. The number of hydrogen-bond donors (Lipinski definition) is 0. The van der Waals surface area contributed by atoms with E-state index in [2.05, 4.69) is 9.88 Å². The number of sulfonamides is 1. The minimum absolute atomic E-state index is 0.342. The molecule has 0 aliphatic carbocycles. The third kappa shape index (κ3) is 3.66. The molecule has 1 saturated heterocycles. The summed E-state index contributed by atoms with van der Waals surface area (Å²) >= 11 is 0. The molecule has 5 nitrogen and oxygen atoms in total. The lowest BCUT2D eigenvalue weighted by molar-refractivity contribution is 0.383. The Morgan fingerprint density at radius 2 is 1.43 bits per heavy atom. The summed E-state index contributed by atoms with van der Waals surface area (Å²) in [5.41, 5.74) is 3.19. The lowest BCUT2D eigenvalue weighted by Gasteiger charge is -2.35. The van der Waals surface area contributed by atoms with Crippen molar-refractivity contribution in [2.24, 2.45) is 0 Å². The van der Waals surface area contributed by atoms with E-state index in [0.717, 1.165) is 22.5 Å². The van der Waals surface area contributed by atoms with E-state index >= 15 is 0 Å². The molecule has 4 rings (SSSR count). The summed E-state index contributed by atoms with van der Waals surface area (Å²) in [7, 11) is -3.49. The Morgan fingerprint density at radius 1 is 0.786 bits per heavy atom. The van der Waals surface area contributed by atoms with Gasteiger partial charge in [-0.15, -0.1) is 0 Å². The average Bonchev–Trinajstić information content (AvgIpc) is 2.75. The molecule has 1 fully saturated rings. The zero-order valence-corrected chi connectivity index (χ0v) is 16.6. The second-order valence-electron chi connectivity index (χ2n) is 6.93. The number of anilines is 1. The Labute approximate surface area is 166 Å². The van der Waals surface area contributed by atoms with Crippen LogP contribution >= 0.6 is 0 Å². The summed E-state index contributed by atoms with van der Waals surface area (Å²) in [5, 5.41) is 0. The van der Waals surface area contributed by atoms with Gasteiger partial charge in [-0.25, -0.2) is 13.4 Å². The molecule has 0 atom stereocenters. The van der Waals surface area contributed by atoms with Gasteiger partial charge < -0.3 is 4.90 Å². The van der Waals surface area contributed by atoms with Crippen LogP contribution in [0.25, 0.3) is 11.1 Å². The monoisotopic (exact) mass is 393 g/mol. The normalized spacial score (nSPS) is 15.5. The second kappa shape index (κ2) is 7.73. The molecular weight excluding hydrogens is 370 g/mol. The molecule has 2 aromatic carbocycles. The summed E-state index contributed by atoms with van der Waals surface area (Å²) in [4.78, 5) is 6.94. The number of benzene rings is 2. The fraction of sp³-hybridized carbons (Fsp3) is 0.227. The maximum absolute atomic E-state index is 13.0. The molecule has 0 radical (unpaired) electrons. The smallest absolute Gasteiger partial charge is 0.243 e. The number of aryl methyl sites for hydroxylation is 1. The first-order chi connectivity index (χ1) is 13.6. The summed E-state index contributed by atoms with van der Waals surface area (Å²) in [6, 6.07) is 21.0. The van der Waals surface area contributed by atoms with Crippen LogP contribution in [0.3, 0.4) is 0 Å². The number of piperazine rings is 1. The fourth-order valence-corrected chi connectivity index (χ4v) is 4.97. The molecule has 1 aliphatic rings. The van der Waals surface area contributed by atoms with E-state index in [1.807, 2.05) is 61.5 Å². The van der Waals surface area contributed by atoms with E-state index in [4.69, 9.17) is 0 Å². The van der Waals surface area contributed by atoms with Gasteiger partial charge in [0.25, 0.3) is 0 Å². The van der Waals surface area contributed by atoms with Gasteiger partial charge >= 0.3 is 0 Å². The number of rotatable bonds is 4. The van der Waals surface area contributed by atoms with Gasteiger partial charge in [-0.1, -0.05) is 48.5 Å². The Hall–Kier alpha value is -2.70. The van der Waals surface area contributed by atoms with Crippen molar-refractivity contribution in [3.63, 3.8) is 0 Å². The van der Waals surface area contributed by atoms with Gasteiger partial charge in [0.1, 0.15) is 5.82 Å². The summed E-state index contributed by atoms with van der Waals surface area (Å²) < 4.78 is 27.6. The number of nitrogens with zero attached hydrogens (tertiary/aromatic N) is 3. The lowest BCUT2D eigenvalue weighted by atomic mass is 10.1. The van der Waals surface area contributed by atoms with Crippen molar-refractivity contribution in [3.05, 3.63) is 78.5 Å².